The van der Waals surface area contributed by atoms with Crippen molar-refractivity contribution in [2.24, 2.45) is 0 Å². The smallest absolute Gasteiger partial charge is 0.316 e. The molecule has 0 fully saturated rings. The number of carbonyl (C=O) groups is 1. The van der Waals surface area contributed by atoms with E-state index in [9.17, 15) is 9.18 Å². The second-order valence-electron chi connectivity index (χ2n) is 6.32. The Kier molecular flexibility index (Phi) is 5.45. The van der Waals surface area contributed by atoms with E-state index in [4.69, 9.17) is 0 Å². The van der Waals surface area contributed by atoms with Crippen LogP contribution in [0.4, 0.5) is 9.18 Å². The summed E-state index contributed by atoms with van der Waals surface area (Å²) in [7, 11) is 0. The van der Waals surface area contributed by atoms with Crippen LogP contribution in [0.3, 0.4) is 0 Å². The van der Waals surface area contributed by atoms with Crippen LogP contribution < -0.4 is 10.6 Å². The van der Waals surface area contributed by atoms with Crippen molar-refractivity contribution in [3.8, 4) is 0 Å². The Morgan fingerprint density at radius 2 is 1.93 bits per heavy atom. The molecule has 6 heteroatoms. The average Bonchev–Trinajstić information content (AvgIpc) is 3.22. The Bertz CT molecular complexity index is 915. The van der Waals surface area contributed by atoms with Gasteiger partial charge in [-0.25, -0.2) is 9.18 Å². The molecule has 0 unspecified atom stereocenters. The van der Waals surface area contributed by atoms with E-state index in [0.717, 1.165) is 28.2 Å². The van der Waals surface area contributed by atoms with E-state index in [1.807, 2.05) is 53.9 Å². The Morgan fingerprint density at radius 3 is 2.70 bits per heavy atom. The van der Waals surface area contributed by atoms with Crippen molar-refractivity contribution in [3.05, 3.63) is 87.9 Å². The maximum atomic E-state index is 14.1. The van der Waals surface area contributed by atoms with Crippen molar-refractivity contribution in [1.29, 1.82) is 0 Å². The minimum absolute atomic E-state index is 0.184. The lowest BCUT2D eigenvalue weighted by Gasteiger charge is -2.27. The number of benzene rings is 2. The van der Waals surface area contributed by atoms with Crippen LogP contribution >= 0.6 is 23.1 Å². The summed E-state index contributed by atoms with van der Waals surface area (Å²) >= 11 is 3.12. The molecule has 27 heavy (non-hydrogen) atoms. The molecule has 0 radical (unpaired) electrons. The van der Waals surface area contributed by atoms with Gasteiger partial charge in [0.05, 0.1) is 12.1 Å². The van der Waals surface area contributed by atoms with Crippen LogP contribution in [0.15, 0.2) is 70.9 Å². The summed E-state index contributed by atoms with van der Waals surface area (Å²) in [5.41, 5.74) is 1.88. The third kappa shape index (κ3) is 4.01. The molecule has 138 valence electrons. The first-order chi connectivity index (χ1) is 13.2. The molecular formula is C21H19FN2OS2. The average molecular weight is 399 g/mol. The molecule has 1 aromatic heterocycles. The van der Waals surface area contributed by atoms with Gasteiger partial charge in [0, 0.05) is 15.5 Å². The predicted molar refractivity (Wildman–Crippen MR) is 109 cm³/mol. The molecule has 2 heterocycles. The van der Waals surface area contributed by atoms with Gasteiger partial charge in [-0.15, -0.1) is 23.1 Å². The predicted octanol–water partition coefficient (Wildman–Crippen LogP) is 5.51. The van der Waals surface area contributed by atoms with Gasteiger partial charge >= 0.3 is 6.03 Å². The number of amides is 2. The number of halogens is 1. The molecule has 0 saturated carbocycles. The minimum Gasteiger partial charge on any atom is -0.331 e. The molecule has 2 atom stereocenters. The van der Waals surface area contributed by atoms with E-state index in [0.29, 0.717) is 4.90 Å². The van der Waals surface area contributed by atoms with Crippen molar-refractivity contribution in [2.75, 3.05) is 5.75 Å². The van der Waals surface area contributed by atoms with Crippen LogP contribution in [-0.2, 0) is 0 Å². The van der Waals surface area contributed by atoms with E-state index < -0.39 is 0 Å². The van der Waals surface area contributed by atoms with Crippen molar-refractivity contribution >= 4 is 29.1 Å². The molecule has 0 spiro atoms. The fourth-order valence-corrected chi connectivity index (χ4v) is 5.23. The first-order valence-electron chi connectivity index (χ1n) is 8.79. The van der Waals surface area contributed by atoms with Crippen LogP contribution in [-0.4, -0.2) is 11.8 Å². The number of thiophene rings is 1. The summed E-state index contributed by atoms with van der Waals surface area (Å²) in [5, 5.41) is 8.13. The Labute approximate surface area is 166 Å². The third-order valence-corrected chi connectivity index (χ3v) is 6.66. The van der Waals surface area contributed by atoms with Gasteiger partial charge in [-0.3, -0.25) is 0 Å². The lowest BCUT2D eigenvalue weighted by Crippen LogP contribution is -2.41. The first-order valence-corrected chi connectivity index (χ1v) is 10.7. The fraction of sp³-hybridized carbons (Fsp3) is 0.190. The molecule has 1 aliphatic rings. The third-order valence-electron chi connectivity index (χ3n) is 4.57. The van der Waals surface area contributed by atoms with E-state index in [1.54, 1.807) is 17.4 Å². The molecule has 0 saturated heterocycles. The molecule has 2 amide bonds. The highest BCUT2D eigenvalue weighted by Gasteiger charge is 2.26. The molecule has 0 bridgehead atoms. The highest BCUT2D eigenvalue weighted by Crippen LogP contribution is 2.37. The van der Waals surface area contributed by atoms with E-state index in [-0.39, 0.29) is 23.9 Å². The number of hydrogen-bond donors (Lipinski definition) is 2. The lowest BCUT2D eigenvalue weighted by atomic mass is 10.0. The van der Waals surface area contributed by atoms with E-state index in [2.05, 4.69) is 10.6 Å². The SMILES string of the molecule is O=C(N[C@H](c1ccccc1)c1cccs1)N[C@@H]1CCSc2c(F)cccc21. The van der Waals surface area contributed by atoms with E-state index >= 15 is 0 Å². The number of urea groups is 1. The van der Waals surface area contributed by atoms with E-state index in [1.165, 1.54) is 17.8 Å². The zero-order valence-electron chi connectivity index (χ0n) is 14.5. The standard InChI is InChI=1S/C21H19FN2OS2/c22-16-9-4-8-15-17(11-13-27-20(15)16)23-21(25)24-19(18-10-5-12-26-18)14-6-2-1-3-7-14/h1-10,12,17,19H,11,13H2,(H2,23,24,25)/t17-,19-/m1/s1. The van der Waals surface area contributed by atoms with Crippen molar-refractivity contribution in [3.63, 3.8) is 0 Å². The molecule has 3 nitrogen and oxygen atoms in total. The number of carbonyl (C=O) groups excluding carboxylic acids is 1. The molecule has 3 aromatic rings. The number of nitrogens with one attached hydrogen (secondary N) is 2. The van der Waals surface area contributed by atoms with Gasteiger partial charge in [0.25, 0.3) is 0 Å². The molecule has 2 aromatic carbocycles. The number of hydrogen-bond acceptors (Lipinski definition) is 3. The van der Waals surface area contributed by atoms with Gasteiger partial charge in [-0.1, -0.05) is 48.5 Å². The van der Waals surface area contributed by atoms with Crippen molar-refractivity contribution in [2.45, 2.75) is 23.4 Å². The zero-order valence-corrected chi connectivity index (χ0v) is 16.2. The highest BCUT2D eigenvalue weighted by atomic mass is 32.2. The molecule has 2 N–H and O–H groups in total. The number of fused-ring (bicyclic) bond motifs is 1. The summed E-state index contributed by atoms with van der Waals surface area (Å²) in [4.78, 5) is 14.5. The number of rotatable bonds is 4. The van der Waals surface area contributed by atoms with Gasteiger partial charge in [0.2, 0.25) is 0 Å². The van der Waals surface area contributed by atoms with Gasteiger partial charge in [-0.2, -0.15) is 0 Å². The van der Waals surface area contributed by atoms with Crippen LogP contribution in [0.5, 0.6) is 0 Å². The second kappa shape index (κ2) is 8.15. The summed E-state index contributed by atoms with van der Waals surface area (Å²) in [5.74, 6) is 0.566. The van der Waals surface area contributed by atoms with Crippen LogP contribution in [0.1, 0.15) is 34.5 Å². The monoisotopic (exact) mass is 398 g/mol. The summed E-state index contributed by atoms with van der Waals surface area (Å²) < 4.78 is 14.1. The topological polar surface area (TPSA) is 41.1 Å². The molecule has 0 aliphatic carbocycles. The van der Waals surface area contributed by atoms with Crippen LogP contribution in [0, 0.1) is 5.82 Å². The fourth-order valence-electron chi connectivity index (χ4n) is 3.29. The Morgan fingerprint density at radius 1 is 1.07 bits per heavy atom. The zero-order chi connectivity index (χ0) is 18.6. The molecule has 4 rings (SSSR count). The number of thioether (sulfide) groups is 1. The van der Waals surface area contributed by atoms with Gasteiger partial charge < -0.3 is 10.6 Å². The largest absolute Gasteiger partial charge is 0.331 e. The normalized spacial score (nSPS) is 17.0. The lowest BCUT2D eigenvalue weighted by molar-refractivity contribution is 0.234. The molecular weight excluding hydrogens is 379 g/mol. The second-order valence-corrected chi connectivity index (χ2v) is 8.41. The Balaban J connectivity index is 1.53. The minimum atomic E-state index is -0.246. The first kappa shape index (κ1) is 18.1. The van der Waals surface area contributed by atoms with Gasteiger partial charge in [-0.05, 0) is 35.1 Å². The van der Waals surface area contributed by atoms with Crippen LogP contribution in [0.25, 0.3) is 0 Å². The van der Waals surface area contributed by atoms with Crippen molar-refractivity contribution < 1.29 is 9.18 Å². The van der Waals surface area contributed by atoms with Crippen molar-refractivity contribution in [1.82, 2.24) is 10.6 Å². The van der Waals surface area contributed by atoms with Gasteiger partial charge in [0.15, 0.2) is 0 Å². The van der Waals surface area contributed by atoms with Crippen LogP contribution in [0.2, 0.25) is 0 Å². The quantitative estimate of drug-likeness (QED) is 0.608. The summed E-state index contributed by atoms with van der Waals surface area (Å²) in [6, 6.07) is 18.3. The summed E-state index contributed by atoms with van der Waals surface area (Å²) in [6.07, 6.45) is 0.781. The maximum Gasteiger partial charge on any atom is 0.316 e. The molecule has 1 aliphatic heterocycles. The maximum absolute atomic E-state index is 14.1. The Hall–Kier alpha value is -2.31. The van der Waals surface area contributed by atoms with Gasteiger partial charge in [0.1, 0.15) is 5.82 Å². The summed E-state index contributed by atoms with van der Waals surface area (Å²) in [6.45, 7) is 0. The highest BCUT2D eigenvalue weighted by molar-refractivity contribution is 7.99.